The quantitative estimate of drug-likeness (QED) is 0.297. The lowest BCUT2D eigenvalue weighted by Crippen LogP contribution is -2.31. The van der Waals surface area contributed by atoms with E-state index in [1.165, 1.54) is 6.07 Å². The number of rotatable bonds is 5. The Labute approximate surface area is 225 Å². The number of fused-ring (bicyclic) bond motifs is 3. The first kappa shape index (κ1) is 25.3. The monoisotopic (exact) mass is 597 g/mol. The number of hydrogen-bond acceptors (Lipinski definition) is 3. The Morgan fingerprint density at radius 2 is 1.86 bits per heavy atom. The smallest absolute Gasteiger partial charge is 0.416 e. The Bertz CT molecular complexity index is 1350. The fourth-order valence-corrected chi connectivity index (χ4v) is 6.06. The molecular weight excluding hydrogens is 578 g/mol. The minimum Gasteiger partial charge on any atom is -0.493 e. The van der Waals surface area contributed by atoms with Gasteiger partial charge in [0.1, 0.15) is 6.61 Å². The summed E-state index contributed by atoms with van der Waals surface area (Å²) >= 11 is 16.3. The molecule has 0 saturated heterocycles. The standard InChI is InChI=1S/C27H21BrCl2F3NO2/c1-35-22-12-15(11-19(28)26(22)36-13-14-5-2-3-8-20(14)29)24-17-7-4-6-16(17)23-18(27(31,32)33)9-10-21(30)25(23)34-24/h2-6,8-12,16-17,24,34H,7,13H2,1H3/t16-,17-,24+/m1/s1. The van der Waals surface area contributed by atoms with Crippen molar-refractivity contribution in [3.63, 3.8) is 0 Å². The van der Waals surface area contributed by atoms with E-state index in [9.17, 15) is 13.2 Å². The molecule has 0 aromatic heterocycles. The van der Waals surface area contributed by atoms with Gasteiger partial charge in [0.05, 0.1) is 33.9 Å². The number of ether oxygens (including phenoxy) is 2. The number of alkyl halides is 3. The summed E-state index contributed by atoms with van der Waals surface area (Å²) in [5, 5.41) is 4.18. The van der Waals surface area contributed by atoms with Crippen LogP contribution in [-0.2, 0) is 12.8 Å². The highest BCUT2D eigenvalue weighted by atomic mass is 79.9. The molecule has 0 bridgehead atoms. The Hall–Kier alpha value is -2.35. The van der Waals surface area contributed by atoms with Gasteiger partial charge in [0.2, 0.25) is 0 Å². The molecule has 2 aliphatic rings. The van der Waals surface area contributed by atoms with E-state index in [1.807, 2.05) is 42.5 Å². The Balaban J connectivity index is 1.52. The van der Waals surface area contributed by atoms with Gasteiger partial charge in [0.25, 0.3) is 0 Å². The van der Waals surface area contributed by atoms with Crippen LogP contribution in [0.1, 0.15) is 40.6 Å². The summed E-state index contributed by atoms with van der Waals surface area (Å²) in [7, 11) is 1.55. The molecule has 9 heteroatoms. The number of allylic oxidation sites excluding steroid dienone is 2. The van der Waals surface area contributed by atoms with E-state index in [4.69, 9.17) is 32.7 Å². The second-order valence-corrected chi connectivity index (χ2v) is 10.4. The highest BCUT2D eigenvalue weighted by Gasteiger charge is 2.45. The second kappa shape index (κ2) is 9.84. The van der Waals surface area contributed by atoms with Gasteiger partial charge in [-0.15, -0.1) is 0 Å². The van der Waals surface area contributed by atoms with Crippen molar-refractivity contribution in [2.75, 3.05) is 12.4 Å². The molecule has 5 rings (SSSR count). The van der Waals surface area contributed by atoms with Gasteiger partial charge in [-0.3, -0.25) is 0 Å². The van der Waals surface area contributed by atoms with Gasteiger partial charge < -0.3 is 14.8 Å². The molecular formula is C27H21BrCl2F3NO2. The van der Waals surface area contributed by atoms with Crippen LogP contribution in [0.2, 0.25) is 10.0 Å². The zero-order valence-corrected chi connectivity index (χ0v) is 22.1. The van der Waals surface area contributed by atoms with Gasteiger partial charge in [0.15, 0.2) is 11.5 Å². The normalized spacial score (nSPS) is 20.5. The first-order valence-corrected chi connectivity index (χ1v) is 12.8. The molecule has 188 valence electrons. The number of nitrogens with one attached hydrogen (secondary N) is 1. The Morgan fingerprint density at radius 1 is 1.08 bits per heavy atom. The van der Waals surface area contributed by atoms with Crippen LogP contribution in [0.25, 0.3) is 0 Å². The Kier molecular flexibility index (Phi) is 6.92. The molecule has 3 aromatic rings. The summed E-state index contributed by atoms with van der Waals surface area (Å²) < 4.78 is 53.9. The topological polar surface area (TPSA) is 30.5 Å². The zero-order chi connectivity index (χ0) is 25.6. The van der Waals surface area contributed by atoms with Crippen molar-refractivity contribution in [2.45, 2.75) is 31.2 Å². The van der Waals surface area contributed by atoms with Crippen molar-refractivity contribution >= 4 is 44.8 Å². The molecule has 0 saturated carbocycles. The highest BCUT2D eigenvalue weighted by molar-refractivity contribution is 9.10. The number of hydrogen-bond donors (Lipinski definition) is 1. The van der Waals surface area contributed by atoms with Gasteiger partial charge >= 0.3 is 6.18 Å². The van der Waals surface area contributed by atoms with Crippen LogP contribution >= 0.6 is 39.1 Å². The molecule has 1 heterocycles. The van der Waals surface area contributed by atoms with Crippen molar-refractivity contribution in [2.24, 2.45) is 5.92 Å². The van der Waals surface area contributed by atoms with E-state index in [0.29, 0.717) is 33.1 Å². The van der Waals surface area contributed by atoms with Crippen molar-refractivity contribution in [3.8, 4) is 11.5 Å². The average Bonchev–Trinajstić information content (AvgIpc) is 3.33. The van der Waals surface area contributed by atoms with Gasteiger partial charge in [-0.05, 0) is 69.7 Å². The maximum Gasteiger partial charge on any atom is 0.416 e. The van der Waals surface area contributed by atoms with E-state index in [2.05, 4.69) is 21.2 Å². The number of anilines is 1. The number of halogens is 6. The molecule has 1 N–H and O–H groups in total. The average molecular weight is 599 g/mol. The van der Waals surface area contributed by atoms with Crippen molar-refractivity contribution in [1.82, 2.24) is 0 Å². The lowest BCUT2D eigenvalue weighted by Gasteiger charge is -2.39. The third-order valence-electron chi connectivity index (χ3n) is 6.72. The van der Waals surface area contributed by atoms with Gasteiger partial charge in [0, 0.05) is 16.5 Å². The van der Waals surface area contributed by atoms with Crippen LogP contribution in [-0.4, -0.2) is 7.11 Å². The molecule has 3 aromatic carbocycles. The predicted octanol–water partition coefficient (Wildman–Crippen LogP) is 9.19. The van der Waals surface area contributed by atoms with E-state index in [-0.39, 0.29) is 29.2 Å². The molecule has 0 radical (unpaired) electrons. The number of benzene rings is 3. The predicted molar refractivity (Wildman–Crippen MR) is 139 cm³/mol. The van der Waals surface area contributed by atoms with Crippen molar-refractivity contribution in [3.05, 3.63) is 97.5 Å². The third kappa shape index (κ3) is 4.57. The molecule has 0 fully saturated rings. The first-order valence-electron chi connectivity index (χ1n) is 11.3. The largest absolute Gasteiger partial charge is 0.493 e. The molecule has 3 atom stereocenters. The highest BCUT2D eigenvalue weighted by Crippen LogP contribution is 2.55. The van der Waals surface area contributed by atoms with E-state index < -0.39 is 17.7 Å². The summed E-state index contributed by atoms with van der Waals surface area (Å²) in [6.45, 7) is 0.244. The van der Waals surface area contributed by atoms with Crippen LogP contribution < -0.4 is 14.8 Å². The van der Waals surface area contributed by atoms with Crippen LogP contribution in [0.4, 0.5) is 18.9 Å². The van der Waals surface area contributed by atoms with Crippen LogP contribution in [0.5, 0.6) is 11.5 Å². The van der Waals surface area contributed by atoms with Crippen molar-refractivity contribution < 1.29 is 22.6 Å². The summed E-state index contributed by atoms with van der Waals surface area (Å²) in [5.74, 6) is 0.471. The number of methoxy groups -OCH3 is 1. The SMILES string of the molecule is COc1cc([C@@H]2Nc3c(Cl)ccc(C(F)(F)F)c3[C@@H]3C=CC[C@H]32)cc(Br)c1OCc1ccccc1Cl. The minimum atomic E-state index is -4.48. The van der Waals surface area contributed by atoms with Crippen molar-refractivity contribution in [1.29, 1.82) is 0 Å². The van der Waals surface area contributed by atoms with Crippen LogP contribution in [0.15, 0.2) is 65.2 Å². The maximum absolute atomic E-state index is 13.9. The van der Waals surface area contributed by atoms with Crippen LogP contribution in [0, 0.1) is 5.92 Å². The maximum atomic E-state index is 13.9. The second-order valence-electron chi connectivity index (χ2n) is 8.77. The fraction of sp³-hybridized carbons (Fsp3) is 0.259. The summed E-state index contributed by atoms with van der Waals surface area (Å²) in [6, 6.07) is 13.2. The minimum absolute atomic E-state index is 0.122. The van der Waals surface area contributed by atoms with Gasteiger partial charge in [-0.1, -0.05) is 53.6 Å². The molecule has 1 aliphatic carbocycles. The fourth-order valence-electron chi connectivity index (χ4n) is 5.08. The zero-order valence-electron chi connectivity index (χ0n) is 19.0. The van der Waals surface area contributed by atoms with Gasteiger partial charge in [-0.25, -0.2) is 0 Å². The molecule has 0 unspecified atom stereocenters. The molecule has 1 aliphatic heterocycles. The van der Waals surface area contributed by atoms with Crippen LogP contribution in [0.3, 0.4) is 0 Å². The lowest BCUT2D eigenvalue weighted by molar-refractivity contribution is -0.138. The van der Waals surface area contributed by atoms with Gasteiger partial charge in [-0.2, -0.15) is 13.2 Å². The summed E-state index contributed by atoms with van der Waals surface area (Å²) in [6.07, 6.45) is -0.0445. The molecule has 0 amide bonds. The van der Waals surface area contributed by atoms with E-state index in [1.54, 1.807) is 13.2 Å². The summed E-state index contributed by atoms with van der Waals surface area (Å²) in [5.41, 5.74) is 1.55. The lowest BCUT2D eigenvalue weighted by atomic mass is 9.75. The van der Waals surface area contributed by atoms with E-state index in [0.717, 1.165) is 17.2 Å². The molecule has 0 spiro atoms. The summed E-state index contributed by atoms with van der Waals surface area (Å²) in [4.78, 5) is 0. The third-order valence-corrected chi connectivity index (χ3v) is 7.99. The van der Waals surface area contributed by atoms with E-state index >= 15 is 0 Å². The molecule has 3 nitrogen and oxygen atoms in total. The Morgan fingerprint density at radius 3 is 2.58 bits per heavy atom. The molecule has 36 heavy (non-hydrogen) atoms. The first-order chi connectivity index (χ1) is 17.2.